The quantitative estimate of drug-likeness (QED) is 0.259. The standard InChI is InChI=1S/C26H20FN5O2S/c27-18-4-9-25-24(16-18)26(12-15-29-25)31-21-2-1-3-22(17-21)32-35(33,34)23-7-5-19(6-8-23)30-20-10-13-28-14-11-20/h1-17,32H,(H,28,30)(H,29,31). The summed E-state index contributed by atoms with van der Waals surface area (Å²) in [6.45, 7) is 0. The van der Waals surface area contributed by atoms with Crippen molar-refractivity contribution in [1.82, 2.24) is 9.97 Å². The molecule has 0 saturated heterocycles. The third-order valence-corrected chi connectivity index (χ3v) is 6.63. The fourth-order valence-electron chi connectivity index (χ4n) is 3.58. The van der Waals surface area contributed by atoms with Crippen LogP contribution in [0.3, 0.4) is 0 Å². The van der Waals surface area contributed by atoms with Crippen LogP contribution in [0.15, 0.2) is 108 Å². The molecule has 9 heteroatoms. The van der Waals surface area contributed by atoms with Crippen LogP contribution < -0.4 is 15.4 Å². The van der Waals surface area contributed by atoms with E-state index in [1.165, 1.54) is 24.3 Å². The number of rotatable bonds is 7. The van der Waals surface area contributed by atoms with Gasteiger partial charge in [0.2, 0.25) is 0 Å². The summed E-state index contributed by atoms with van der Waals surface area (Å²) in [5, 5.41) is 7.03. The Labute approximate surface area is 201 Å². The van der Waals surface area contributed by atoms with Gasteiger partial charge in [0.25, 0.3) is 10.0 Å². The first kappa shape index (κ1) is 22.3. The number of nitrogens with one attached hydrogen (secondary N) is 3. The predicted molar refractivity (Wildman–Crippen MR) is 136 cm³/mol. The number of pyridine rings is 2. The number of anilines is 5. The number of nitrogens with zero attached hydrogens (tertiary/aromatic N) is 2. The van der Waals surface area contributed by atoms with E-state index < -0.39 is 10.0 Å². The summed E-state index contributed by atoms with van der Waals surface area (Å²) in [4.78, 5) is 8.35. The zero-order valence-electron chi connectivity index (χ0n) is 18.3. The molecule has 0 fully saturated rings. The summed E-state index contributed by atoms with van der Waals surface area (Å²) < 4.78 is 42.3. The number of aromatic nitrogens is 2. The molecular weight excluding hydrogens is 465 g/mol. The van der Waals surface area contributed by atoms with Gasteiger partial charge in [0.1, 0.15) is 5.82 Å². The predicted octanol–water partition coefficient (Wildman–Crippen LogP) is 6.06. The van der Waals surface area contributed by atoms with E-state index in [9.17, 15) is 12.8 Å². The van der Waals surface area contributed by atoms with Gasteiger partial charge in [0.05, 0.1) is 16.1 Å². The van der Waals surface area contributed by atoms with E-state index in [0.29, 0.717) is 28.0 Å². The minimum Gasteiger partial charge on any atom is -0.355 e. The van der Waals surface area contributed by atoms with Gasteiger partial charge in [-0.3, -0.25) is 14.7 Å². The Hall–Kier alpha value is -4.50. The van der Waals surface area contributed by atoms with E-state index in [4.69, 9.17) is 0 Å². The Kier molecular flexibility index (Phi) is 5.99. The molecule has 2 heterocycles. The Bertz CT molecular complexity index is 1590. The van der Waals surface area contributed by atoms with Gasteiger partial charge in [-0.2, -0.15) is 0 Å². The molecule has 0 aliphatic carbocycles. The van der Waals surface area contributed by atoms with Crippen LogP contribution in [0.25, 0.3) is 10.9 Å². The van der Waals surface area contributed by atoms with Crippen molar-refractivity contribution in [2.75, 3.05) is 15.4 Å². The highest BCUT2D eigenvalue weighted by Crippen LogP contribution is 2.28. The third kappa shape index (κ3) is 5.20. The first-order valence-corrected chi connectivity index (χ1v) is 12.2. The van der Waals surface area contributed by atoms with E-state index in [1.807, 2.05) is 12.1 Å². The zero-order chi connectivity index (χ0) is 24.3. The molecule has 35 heavy (non-hydrogen) atoms. The van der Waals surface area contributed by atoms with Gasteiger partial charge in [0.15, 0.2) is 0 Å². The maximum atomic E-state index is 13.8. The molecule has 7 nitrogen and oxygen atoms in total. The van der Waals surface area contributed by atoms with E-state index in [2.05, 4.69) is 25.3 Å². The average Bonchev–Trinajstić information content (AvgIpc) is 2.85. The SMILES string of the molecule is O=S(=O)(Nc1cccc(Nc2ccnc3ccc(F)cc23)c1)c1ccc(Nc2ccncc2)cc1. The molecule has 0 aliphatic rings. The summed E-state index contributed by atoms with van der Waals surface area (Å²) in [5.74, 6) is -0.364. The van der Waals surface area contributed by atoms with Crippen LogP contribution in [0.1, 0.15) is 0 Å². The first-order chi connectivity index (χ1) is 17.0. The second-order valence-corrected chi connectivity index (χ2v) is 9.40. The van der Waals surface area contributed by atoms with Crippen molar-refractivity contribution in [2.24, 2.45) is 0 Å². The van der Waals surface area contributed by atoms with Crippen molar-refractivity contribution >= 4 is 49.4 Å². The molecule has 0 aliphatic heterocycles. The average molecular weight is 486 g/mol. The molecule has 0 unspecified atom stereocenters. The molecule has 174 valence electrons. The van der Waals surface area contributed by atoms with Gasteiger partial charge in [-0.1, -0.05) is 6.07 Å². The largest absolute Gasteiger partial charge is 0.355 e. The molecule has 0 spiro atoms. The van der Waals surface area contributed by atoms with Gasteiger partial charge in [-0.25, -0.2) is 12.8 Å². The van der Waals surface area contributed by atoms with Crippen LogP contribution in [0.5, 0.6) is 0 Å². The van der Waals surface area contributed by atoms with Crippen molar-refractivity contribution < 1.29 is 12.8 Å². The molecule has 0 amide bonds. The molecule has 5 aromatic rings. The van der Waals surface area contributed by atoms with Gasteiger partial charge in [-0.05, 0) is 78.9 Å². The second kappa shape index (κ2) is 9.40. The topological polar surface area (TPSA) is 96.0 Å². The van der Waals surface area contributed by atoms with Gasteiger partial charge in [0, 0.05) is 46.7 Å². The fourth-order valence-corrected chi connectivity index (χ4v) is 4.63. The normalized spacial score (nSPS) is 11.2. The number of sulfonamides is 1. The van der Waals surface area contributed by atoms with Crippen LogP contribution in [-0.2, 0) is 10.0 Å². The molecular formula is C26H20FN5O2S. The number of hydrogen-bond acceptors (Lipinski definition) is 6. The second-order valence-electron chi connectivity index (χ2n) is 7.72. The molecule has 3 N–H and O–H groups in total. The fraction of sp³-hybridized carbons (Fsp3) is 0. The highest BCUT2D eigenvalue weighted by Gasteiger charge is 2.14. The van der Waals surface area contributed by atoms with E-state index >= 15 is 0 Å². The van der Waals surface area contributed by atoms with Crippen molar-refractivity contribution in [1.29, 1.82) is 0 Å². The van der Waals surface area contributed by atoms with Crippen LogP contribution in [-0.4, -0.2) is 18.4 Å². The summed E-state index contributed by atoms with van der Waals surface area (Å²) in [6, 6.07) is 23.1. The Morgan fingerprint density at radius 2 is 1.43 bits per heavy atom. The zero-order valence-corrected chi connectivity index (χ0v) is 19.1. The van der Waals surface area contributed by atoms with Gasteiger partial charge < -0.3 is 10.6 Å². The molecule has 0 atom stereocenters. The molecule has 0 radical (unpaired) electrons. The van der Waals surface area contributed by atoms with E-state index in [-0.39, 0.29) is 10.7 Å². The van der Waals surface area contributed by atoms with Crippen molar-refractivity contribution in [3.8, 4) is 0 Å². The third-order valence-electron chi connectivity index (χ3n) is 5.23. The lowest BCUT2D eigenvalue weighted by molar-refractivity contribution is 0.601. The van der Waals surface area contributed by atoms with Crippen molar-refractivity contribution in [2.45, 2.75) is 4.90 Å². The smallest absolute Gasteiger partial charge is 0.261 e. The molecule has 2 aromatic heterocycles. The Morgan fingerprint density at radius 3 is 2.23 bits per heavy atom. The lowest BCUT2D eigenvalue weighted by atomic mass is 10.1. The minimum absolute atomic E-state index is 0.131. The molecule has 0 bridgehead atoms. The maximum absolute atomic E-state index is 13.8. The number of halogens is 1. The summed E-state index contributed by atoms with van der Waals surface area (Å²) >= 11 is 0. The highest BCUT2D eigenvalue weighted by molar-refractivity contribution is 7.92. The Morgan fingerprint density at radius 1 is 0.686 bits per heavy atom. The Balaban J connectivity index is 1.33. The number of hydrogen-bond donors (Lipinski definition) is 3. The molecule has 0 saturated carbocycles. The van der Waals surface area contributed by atoms with Crippen molar-refractivity contribution in [3.05, 3.63) is 109 Å². The first-order valence-electron chi connectivity index (χ1n) is 10.7. The molecule has 5 rings (SSSR count). The lowest BCUT2D eigenvalue weighted by Crippen LogP contribution is -2.13. The summed E-state index contributed by atoms with van der Waals surface area (Å²) in [6.07, 6.45) is 4.97. The number of fused-ring (bicyclic) bond motifs is 1. The number of benzene rings is 3. The van der Waals surface area contributed by atoms with Crippen molar-refractivity contribution in [3.63, 3.8) is 0 Å². The van der Waals surface area contributed by atoms with Gasteiger partial charge >= 0.3 is 0 Å². The minimum atomic E-state index is -3.81. The van der Waals surface area contributed by atoms with Crippen LogP contribution in [0, 0.1) is 5.82 Å². The maximum Gasteiger partial charge on any atom is 0.261 e. The van der Waals surface area contributed by atoms with Crippen LogP contribution in [0.2, 0.25) is 0 Å². The van der Waals surface area contributed by atoms with Crippen LogP contribution >= 0.6 is 0 Å². The summed E-state index contributed by atoms with van der Waals surface area (Å²) in [7, 11) is -3.81. The van der Waals surface area contributed by atoms with E-state index in [1.54, 1.807) is 67.1 Å². The summed E-state index contributed by atoms with van der Waals surface area (Å²) in [5.41, 5.74) is 3.93. The van der Waals surface area contributed by atoms with Crippen LogP contribution in [0.4, 0.5) is 32.8 Å². The molecule has 3 aromatic carbocycles. The monoisotopic (exact) mass is 485 g/mol. The lowest BCUT2D eigenvalue weighted by Gasteiger charge is -2.13. The highest BCUT2D eigenvalue weighted by atomic mass is 32.2. The van der Waals surface area contributed by atoms with Gasteiger partial charge in [-0.15, -0.1) is 0 Å². The van der Waals surface area contributed by atoms with E-state index in [0.717, 1.165) is 11.4 Å².